The number of halogens is 1. The minimum Gasteiger partial charge on any atom is -0.374 e. The molecule has 1 unspecified atom stereocenters. The summed E-state index contributed by atoms with van der Waals surface area (Å²) in [6.45, 7) is 2.55. The van der Waals surface area contributed by atoms with Gasteiger partial charge in [-0.25, -0.2) is 4.98 Å². The van der Waals surface area contributed by atoms with E-state index in [2.05, 4.69) is 15.3 Å². The Labute approximate surface area is 196 Å². The molecule has 1 aromatic carbocycles. The first-order chi connectivity index (χ1) is 16.0. The zero-order valence-corrected chi connectivity index (χ0v) is 18.9. The summed E-state index contributed by atoms with van der Waals surface area (Å²) in [7, 11) is 0. The molecule has 1 aliphatic carbocycles. The van der Waals surface area contributed by atoms with Crippen molar-refractivity contribution in [3.8, 4) is 11.3 Å². The zero-order chi connectivity index (χ0) is 22.9. The first-order valence-corrected chi connectivity index (χ1v) is 11.3. The fourth-order valence-electron chi connectivity index (χ4n) is 3.83. The van der Waals surface area contributed by atoms with Crippen LogP contribution < -0.4 is 10.2 Å². The number of rotatable bonds is 7. The number of pyridine rings is 2. The predicted molar refractivity (Wildman–Crippen MR) is 130 cm³/mol. The number of aromatic nitrogens is 3. The Kier molecular flexibility index (Phi) is 5.74. The van der Waals surface area contributed by atoms with E-state index in [9.17, 15) is 9.90 Å². The third-order valence-electron chi connectivity index (χ3n) is 5.83. The minimum atomic E-state index is -0.612. The average Bonchev–Trinajstić information content (AvgIpc) is 3.52. The van der Waals surface area contributed by atoms with Crippen LogP contribution in [-0.4, -0.2) is 38.2 Å². The van der Waals surface area contributed by atoms with Gasteiger partial charge in [-0.1, -0.05) is 17.7 Å². The van der Waals surface area contributed by atoms with Gasteiger partial charge in [0.15, 0.2) is 0 Å². The lowest BCUT2D eigenvalue weighted by Gasteiger charge is -2.29. The molecule has 1 atom stereocenters. The number of carbonyl (C=O) groups excluding carboxylic acids is 1. The SMILES string of the molecule is CC(O)N(CC1CC1)c1ccc(-c2ccc(C(=O)Nc3ccc4nccn4c3)cn2)cc1Cl. The zero-order valence-electron chi connectivity index (χ0n) is 18.1. The Morgan fingerprint density at radius 1 is 1.24 bits per heavy atom. The summed E-state index contributed by atoms with van der Waals surface area (Å²) in [5, 5.41) is 13.6. The summed E-state index contributed by atoms with van der Waals surface area (Å²) in [6, 6.07) is 12.9. The van der Waals surface area contributed by atoms with Gasteiger partial charge in [0.1, 0.15) is 11.9 Å². The lowest BCUT2D eigenvalue weighted by molar-refractivity contribution is 0.102. The highest BCUT2D eigenvalue weighted by molar-refractivity contribution is 6.33. The third kappa shape index (κ3) is 4.69. The molecule has 0 radical (unpaired) electrons. The van der Waals surface area contributed by atoms with Gasteiger partial charge >= 0.3 is 0 Å². The highest BCUT2D eigenvalue weighted by Gasteiger charge is 2.27. The Hall–Kier alpha value is -3.42. The molecule has 168 valence electrons. The fraction of sp³-hybridized carbons (Fsp3) is 0.240. The van der Waals surface area contributed by atoms with Crippen LogP contribution in [0.2, 0.25) is 5.02 Å². The van der Waals surface area contributed by atoms with Crippen LogP contribution in [0.25, 0.3) is 16.9 Å². The Morgan fingerprint density at radius 2 is 2.09 bits per heavy atom. The number of anilines is 2. The second kappa shape index (κ2) is 8.84. The van der Waals surface area contributed by atoms with Crippen molar-refractivity contribution in [3.63, 3.8) is 0 Å². The van der Waals surface area contributed by atoms with Gasteiger partial charge in [0.2, 0.25) is 0 Å². The molecule has 0 spiro atoms. The quantitative estimate of drug-likeness (QED) is 0.384. The molecule has 8 heteroatoms. The van der Waals surface area contributed by atoms with E-state index in [1.807, 2.05) is 52.0 Å². The van der Waals surface area contributed by atoms with Crippen molar-refractivity contribution >= 4 is 34.5 Å². The summed E-state index contributed by atoms with van der Waals surface area (Å²) in [4.78, 5) is 23.2. The molecule has 1 amide bonds. The van der Waals surface area contributed by atoms with Crippen molar-refractivity contribution in [2.24, 2.45) is 5.92 Å². The number of benzene rings is 1. The largest absolute Gasteiger partial charge is 0.374 e. The summed E-state index contributed by atoms with van der Waals surface area (Å²) < 4.78 is 1.84. The lowest BCUT2D eigenvalue weighted by Crippen LogP contribution is -2.34. The van der Waals surface area contributed by atoms with E-state index in [-0.39, 0.29) is 5.91 Å². The van der Waals surface area contributed by atoms with Crippen molar-refractivity contribution in [1.82, 2.24) is 14.4 Å². The Morgan fingerprint density at radius 3 is 2.79 bits per heavy atom. The molecule has 7 nitrogen and oxygen atoms in total. The smallest absolute Gasteiger partial charge is 0.257 e. The Balaban J connectivity index is 1.31. The molecule has 5 rings (SSSR count). The molecule has 2 N–H and O–H groups in total. The molecule has 33 heavy (non-hydrogen) atoms. The van der Waals surface area contributed by atoms with E-state index in [4.69, 9.17) is 11.6 Å². The average molecular weight is 462 g/mol. The van der Waals surface area contributed by atoms with Crippen LogP contribution in [-0.2, 0) is 0 Å². The first-order valence-electron chi connectivity index (χ1n) is 10.9. The molecule has 1 aliphatic rings. The molecule has 3 aromatic heterocycles. The van der Waals surface area contributed by atoms with Crippen molar-refractivity contribution in [3.05, 3.63) is 77.8 Å². The van der Waals surface area contributed by atoms with Gasteiger partial charge in [-0.2, -0.15) is 0 Å². The molecule has 3 heterocycles. The number of aliphatic hydroxyl groups excluding tert-OH is 1. The number of aliphatic hydroxyl groups is 1. The number of nitrogens with zero attached hydrogens (tertiary/aromatic N) is 4. The number of imidazole rings is 1. The van der Waals surface area contributed by atoms with Gasteiger partial charge in [0.25, 0.3) is 5.91 Å². The fourth-order valence-corrected chi connectivity index (χ4v) is 4.12. The van der Waals surface area contributed by atoms with Crippen LogP contribution in [0.4, 0.5) is 11.4 Å². The number of nitrogens with one attached hydrogen (secondary N) is 1. The molecular formula is C25H24ClN5O2. The maximum atomic E-state index is 12.6. The van der Waals surface area contributed by atoms with Crippen LogP contribution in [0.1, 0.15) is 30.1 Å². The van der Waals surface area contributed by atoms with Crippen LogP contribution in [0, 0.1) is 5.92 Å². The summed E-state index contributed by atoms with van der Waals surface area (Å²) in [5.74, 6) is 0.382. The van der Waals surface area contributed by atoms with E-state index in [0.29, 0.717) is 27.9 Å². The second-order valence-corrected chi connectivity index (χ2v) is 8.80. The van der Waals surface area contributed by atoms with E-state index in [1.165, 1.54) is 12.8 Å². The van der Waals surface area contributed by atoms with Gasteiger partial charge in [-0.15, -0.1) is 0 Å². The van der Waals surface area contributed by atoms with Crippen LogP contribution >= 0.6 is 11.6 Å². The topological polar surface area (TPSA) is 82.8 Å². The maximum Gasteiger partial charge on any atom is 0.257 e. The van der Waals surface area contributed by atoms with E-state index >= 15 is 0 Å². The summed E-state index contributed by atoms with van der Waals surface area (Å²) in [6.07, 6.45) is 8.67. The first kappa shape index (κ1) is 21.4. The number of amides is 1. The van der Waals surface area contributed by atoms with E-state index in [0.717, 1.165) is 23.4 Å². The predicted octanol–water partition coefficient (Wildman–Crippen LogP) is 4.86. The number of hydrogen-bond donors (Lipinski definition) is 2. The van der Waals surface area contributed by atoms with Crippen molar-refractivity contribution in [2.75, 3.05) is 16.8 Å². The van der Waals surface area contributed by atoms with Crippen LogP contribution in [0.3, 0.4) is 0 Å². The molecule has 4 aromatic rings. The number of fused-ring (bicyclic) bond motifs is 1. The van der Waals surface area contributed by atoms with E-state index in [1.54, 1.807) is 31.5 Å². The molecule has 0 saturated heterocycles. The van der Waals surface area contributed by atoms with Gasteiger partial charge in [0, 0.05) is 36.9 Å². The van der Waals surface area contributed by atoms with E-state index < -0.39 is 6.23 Å². The summed E-state index contributed by atoms with van der Waals surface area (Å²) in [5.41, 5.74) is 4.31. The molecule has 1 saturated carbocycles. The molecule has 1 fully saturated rings. The van der Waals surface area contributed by atoms with Crippen molar-refractivity contribution < 1.29 is 9.90 Å². The number of hydrogen-bond acceptors (Lipinski definition) is 5. The van der Waals surface area contributed by atoms with Crippen molar-refractivity contribution in [1.29, 1.82) is 0 Å². The standard InChI is InChI=1S/C25H24ClN5O2/c1-16(32)31(14-17-2-3-17)23-8-5-18(12-21(23)26)22-7-4-19(13-28-22)25(33)29-20-6-9-24-27-10-11-30(24)15-20/h4-13,15-17,32H,2-3,14H2,1H3,(H,29,33). The highest BCUT2D eigenvalue weighted by Crippen LogP contribution is 2.36. The second-order valence-electron chi connectivity index (χ2n) is 8.39. The maximum absolute atomic E-state index is 12.6. The van der Waals surface area contributed by atoms with Gasteiger partial charge in [0.05, 0.1) is 27.7 Å². The van der Waals surface area contributed by atoms with Crippen LogP contribution in [0.5, 0.6) is 0 Å². The highest BCUT2D eigenvalue weighted by atomic mass is 35.5. The Bertz CT molecular complexity index is 1300. The van der Waals surface area contributed by atoms with Gasteiger partial charge in [-0.05, 0) is 62.1 Å². The minimum absolute atomic E-state index is 0.241. The van der Waals surface area contributed by atoms with Gasteiger partial charge < -0.3 is 19.7 Å². The van der Waals surface area contributed by atoms with Crippen molar-refractivity contribution in [2.45, 2.75) is 26.0 Å². The van der Waals surface area contributed by atoms with Crippen LogP contribution in [0.15, 0.2) is 67.3 Å². The normalized spacial score (nSPS) is 14.3. The number of carbonyl (C=O) groups is 1. The molecule has 0 bridgehead atoms. The van der Waals surface area contributed by atoms with Gasteiger partial charge in [-0.3, -0.25) is 9.78 Å². The third-order valence-corrected chi connectivity index (χ3v) is 6.13. The molecular weight excluding hydrogens is 438 g/mol. The monoisotopic (exact) mass is 461 g/mol. The lowest BCUT2D eigenvalue weighted by atomic mass is 10.1. The molecule has 0 aliphatic heterocycles. The summed E-state index contributed by atoms with van der Waals surface area (Å²) >= 11 is 6.58.